The van der Waals surface area contributed by atoms with Crippen LogP contribution in [0.15, 0.2) is 0 Å². The molecule has 0 saturated carbocycles. The predicted molar refractivity (Wildman–Crippen MR) is 64.5 cm³/mol. The summed E-state index contributed by atoms with van der Waals surface area (Å²) in [4.78, 5) is 24.8. The fourth-order valence-corrected chi connectivity index (χ4v) is 2.05. The molecule has 1 rings (SSSR count). The molecule has 0 aliphatic carbocycles. The normalized spacial score (nSPS) is 19.1. The van der Waals surface area contributed by atoms with Crippen molar-refractivity contribution in [1.82, 2.24) is 10.2 Å². The maximum absolute atomic E-state index is 12.0. The highest BCUT2D eigenvalue weighted by molar-refractivity contribution is 5.82. The van der Waals surface area contributed by atoms with Crippen molar-refractivity contribution in [2.75, 3.05) is 26.7 Å². The monoisotopic (exact) mass is 242 g/mol. The molecule has 1 aliphatic rings. The van der Waals surface area contributed by atoms with E-state index in [0.29, 0.717) is 13.0 Å². The van der Waals surface area contributed by atoms with E-state index in [9.17, 15) is 9.59 Å². The fourth-order valence-electron chi connectivity index (χ4n) is 2.05. The minimum atomic E-state index is -0.355. The van der Waals surface area contributed by atoms with Crippen LogP contribution in [0.2, 0.25) is 0 Å². The van der Waals surface area contributed by atoms with Gasteiger partial charge in [-0.3, -0.25) is 9.59 Å². The standard InChI is InChI=1S/C12H22N2O3/c1-3-7-14(9-12(16)17-2)11(15)8-10-5-4-6-13-10/h10,13H,3-9H2,1-2H3. The van der Waals surface area contributed by atoms with E-state index >= 15 is 0 Å². The predicted octanol–water partition coefficient (Wildman–Crippen LogP) is 0.540. The van der Waals surface area contributed by atoms with Crippen molar-refractivity contribution < 1.29 is 14.3 Å². The number of methoxy groups -OCH3 is 1. The van der Waals surface area contributed by atoms with Gasteiger partial charge in [-0.1, -0.05) is 6.92 Å². The Bertz CT molecular complexity index is 262. The lowest BCUT2D eigenvalue weighted by molar-refractivity contribution is -0.147. The summed E-state index contributed by atoms with van der Waals surface area (Å²) >= 11 is 0. The summed E-state index contributed by atoms with van der Waals surface area (Å²) in [6.45, 7) is 3.66. The Morgan fingerprint density at radius 1 is 1.47 bits per heavy atom. The van der Waals surface area contributed by atoms with Crippen molar-refractivity contribution in [2.45, 2.75) is 38.6 Å². The van der Waals surface area contributed by atoms with Gasteiger partial charge in [0.2, 0.25) is 5.91 Å². The smallest absolute Gasteiger partial charge is 0.325 e. The number of rotatable bonds is 6. The van der Waals surface area contributed by atoms with Crippen LogP contribution < -0.4 is 5.32 Å². The molecule has 1 saturated heterocycles. The number of ether oxygens (including phenoxy) is 1. The number of nitrogens with one attached hydrogen (secondary N) is 1. The van der Waals surface area contributed by atoms with E-state index in [1.54, 1.807) is 4.90 Å². The molecule has 5 heteroatoms. The second kappa shape index (κ2) is 7.27. The molecule has 0 aromatic carbocycles. The maximum Gasteiger partial charge on any atom is 0.325 e. The van der Waals surface area contributed by atoms with Gasteiger partial charge in [0.25, 0.3) is 0 Å². The van der Waals surface area contributed by atoms with Crippen LogP contribution >= 0.6 is 0 Å². The SMILES string of the molecule is CCCN(CC(=O)OC)C(=O)CC1CCCN1. The minimum absolute atomic E-state index is 0.0386. The minimum Gasteiger partial charge on any atom is -0.468 e. The van der Waals surface area contributed by atoms with Crippen molar-refractivity contribution in [2.24, 2.45) is 0 Å². The summed E-state index contributed by atoms with van der Waals surface area (Å²) in [6, 6.07) is 0.277. The number of esters is 1. The van der Waals surface area contributed by atoms with Gasteiger partial charge in [0.1, 0.15) is 6.54 Å². The van der Waals surface area contributed by atoms with Gasteiger partial charge in [-0.25, -0.2) is 0 Å². The molecule has 0 spiro atoms. The fraction of sp³-hybridized carbons (Fsp3) is 0.833. The Kier molecular flexibility index (Phi) is 5.97. The second-order valence-electron chi connectivity index (χ2n) is 4.39. The third-order valence-electron chi connectivity index (χ3n) is 2.98. The molecule has 17 heavy (non-hydrogen) atoms. The van der Waals surface area contributed by atoms with Crippen LogP contribution in [-0.2, 0) is 14.3 Å². The number of carbonyl (C=O) groups is 2. The van der Waals surface area contributed by atoms with Gasteiger partial charge in [0.15, 0.2) is 0 Å². The largest absolute Gasteiger partial charge is 0.468 e. The lowest BCUT2D eigenvalue weighted by atomic mass is 10.1. The number of amides is 1. The lowest BCUT2D eigenvalue weighted by Gasteiger charge is -2.22. The average Bonchev–Trinajstić information content (AvgIpc) is 2.81. The van der Waals surface area contributed by atoms with Gasteiger partial charge in [0, 0.05) is 19.0 Å². The van der Waals surface area contributed by atoms with Crippen molar-refractivity contribution in [3.05, 3.63) is 0 Å². The Labute approximate surface area is 102 Å². The Morgan fingerprint density at radius 3 is 2.76 bits per heavy atom. The number of hydrogen-bond donors (Lipinski definition) is 1. The molecule has 98 valence electrons. The van der Waals surface area contributed by atoms with E-state index in [2.05, 4.69) is 10.1 Å². The maximum atomic E-state index is 12.0. The van der Waals surface area contributed by atoms with Gasteiger partial charge in [0.05, 0.1) is 7.11 Å². The number of carbonyl (C=O) groups excluding carboxylic acids is 2. The van der Waals surface area contributed by atoms with Crippen LogP contribution in [-0.4, -0.2) is 49.6 Å². The first-order chi connectivity index (χ1) is 8.17. The third-order valence-corrected chi connectivity index (χ3v) is 2.98. The summed E-state index contributed by atoms with van der Waals surface area (Å²) in [5, 5.41) is 3.29. The molecule has 0 aromatic rings. The lowest BCUT2D eigenvalue weighted by Crippen LogP contribution is -2.39. The van der Waals surface area contributed by atoms with Crippen molar-refractivity contribution in [3.63, 3.8) is 0 Å². The first-order valence-corrected chi connectivity index (χ1v) is 6.25. The summed E-state index contributed by atoms with van der Waals surface area (Å²) in [5.41, 5.74) is 0. The Hall–Kier alpha value is -1.10. The molecule has 0 bridgehead atoms. The molecule has 1 N–H and O–H groups in total. The number of hydrogen-bond acceptors (Lipinski definition) is 4. The van der Waals surface area contributed by atoms with Crippen LogP contribution in [0.3, 0.4) is 0 Å². The zero-order valence-corrected chi connectivity index (χ0v) is 10.7. The van der Waals surface area contributed by atoms with E-state index in [0.717, 1.165) is 25.8 Å². The van der Waals surface area contributed by atoms with Crippen molar-refractivity contribution >= 4 is 11.9 Å². The van der Waals surface area contributed by atoms with E-state index in [1.165, 1.54) is 7.11 Å². The van der Waals surface area contributed by atoms with Crippen LogP contribution in [0.1, 0.15) is 32.6 Å². The highest BCUT2D eigenvalue weighted by Gasteiger charge is 2.22. The summed E-state index contributed by atoms with van der Waals surface area (Å²) in [5.74, 6) is -0.317. The average molecular weight is 242 g/mol. The Morgan fingerprint density at radius 2 is 2.24 bits per heavy atom. The van der Waals surface area contributed by atoms with Crippen molar-refractivity contribution in [1.29, 1.82) is 0 Å². The summed E-state index contributed by atoms with van der Waals surface area (Å²) in [6.07, 6.45) is 3.50. The molecular formula is C12H22N2O3. The molecule has 1 amide bonds. The highest BCUT2D eigenvalue weighted by Crippen LogP contribution is 2.10. The second-order valence-corrected chi connectivity index (χ2v) is 4.39. The van der Waals surface area contributed by atoms with Gasteiger partial charge in [-0.15, -0.1) is 0 Å². The molecule has 1 unspecified atom stereocenters. The third kappa shape index (κ3) is 4.73. The van der Waals surface area contributed by atoms with Crippen LogP contribution in [0.25, 0.3) is 0 Å². The van der Waals surface area contributed by atoms with Crippen LogP contribution in [0.5, 0.6) is 0 Å². The van der Waals surface area contributed by atoms with E-state index in [4.69, 9.17) is 0 Å². The molecule has 1 atom stereocenters. The topological polar surface area (TPSA) is 58.6 Å². The highest BCUT2D eigenvalue weighted by atomic mass is 16.5. The van der Waals surface area contributed by atoms with Gasteiger partial charge in [-0.2, -0.15) is 0 Å². The molecular weight excluding hydrogens is 220 g/mol. The molecule has 5 nitrogen and oxygen atoms in total. The summed E-state index contributed by atoms with van der Waals surface area (Å²) < 4.78 is 4.60. The zero-order chi connectivity index (χ0) is 12.7. The summed E-state index contributed by atoms with van der Waals surface area (Å²) in [7, 11) is 1.34. The quantitative estimate of drug-likeness (QED) is 0.691. The Balaban J connectivity index is 2.43. The van der Waals surface area contributed by atoms with Crippen molar-refractivity contribution in [3.8, 4) is 0 Å². The molecule has 0 radical (unpaired) electrons. The van der Waals surface area contributed by atoms with Gasteiger partial charge < -0.3 is 15.0 Å². The molecule has 1 fully saturated rings. The van der Waals surface area contributed by atoms with Crippen LogP contribution in [0, 0.1) is 0 Å². The van der Waals surface area contributed by atoms with Crippen LogP contribution in [0.4, 0.5) is 0 Å². The molecule has 1 heterocycles. The van der Waals surface area contributed by atoms with E-state index < -0.39 is 0 Å². The van der Waals surface area contributed by atoms with E-state index in [1.807, 2.05) is 6.92 Å². The van der Waals surface area contributed by atoms with Gasteiger partial charge in [-0.05, 0) is 25.8 Å². The van der Waals surface area contributed by atoms with Gasteiger partial charge >= 0.3 is 5.97 Å². The zero-order valence-electron chi connectivity index (χ0n) is 10.7. The number of nitrogens with zero attached hydrogens (tertiary/aromatic N) is 1. The molecule has 1 aliphatic heterocycles. The first-order valence-electron chi connectivity index (χ1n) is 6.25. The molecule has 0 aromatic heterocycles. The first kappa shape index (κ1) is 14.0. The van der Waals surface area contributed by atoms with E-state index in [-0.39, 0.29) is 24.5 Å².